The number of benzene rings is 1. The summed E-state index contributed by atoms with van der Waals surface area (Å²) in [6.45, 7) is 4.08. The van der Waals surface area contributed by atoms with Crippen LogP contribution in [0.15, 0.2) is 28.7 Å². The maximum Gasteiger partial charge on any atom is 0.232 e. The lowest BCUT2D eigenvalue weighted by Crippen LogP contribution is -2.13. The first-order valence-corrected chi connectivity index (χ1v) is 7.16. The summed E-state index contributed by atoms with van der Waals surface area (Å²) in [5.74, 6) is 1.56. The molecule has 22 heavy (non-hydrogen) atoms. The van der Waals surface area contributed by atoms with Crippen LogP contribution >= 0.6 is 0 Å². The maximum atomic E-state index is 9.13. The molecule has 114 valence electrons. The van der Waals surface area contributed by atoms with E-state index in [1.165, 1.54) is 0 Å². The second kappa shape index (κ2) is 7.32. The molecule has 0 aliphatic carbocycles. The normalized spacial score (nSPS) is 12.1. The minimum atomic E-state index is 0.214. The molecule has 1 aromatic carbocycles. The molecule has 2 rings (SSSR count). The van der Waals surface area contributed by atoms with E-state index in [1.54, 1.807) is 13.2 Å². The van der Waals surface area contributed by atoms with Crippen molar-refractivity contribution in [3.05, 3.63) is 41.4 Å². The monoisotopic (exact) mass is 297 g/mol. The zero-order valence-electron chi connectivity index (χ0n) is 13.0. The van der Waals surface area contributed by atoms with Crippen molar-refractivity contribution in [1.29, 1.82) is 5.26 Å². The Balaban J connectivity index is 2.23. The van der Waals surface area contributed by atoms with Gasteiger partial charge in [0.1, 0.15) is 11.8 Å². The number of nitriles is 1. The molecule has 0 unspecified atom stereocenters. The van der Waals surface area contributed by atoms with E-state index in [0.717, 1.165) is 17.7 Å². The third-order valence-electron chi connectivity index (χ3n) is 3.28. The number of rotatable bonds is 6. The summed E-state index contributed by atoms with van der Waals surface area (Å²) >= 11 is 0. The molecular formula is C17H19N3O2. The van der Waals surface area contributed by atoms with Crippen molar-refractivity contribution in [2.75, 3.05) is 12.4 Å². The maximum absolute atomic E-state index is 9.13. The molecule has 5 nitrogen and oxygen atoms in total. The van der Waals surface area contributed by atoms with E-state index in [-0.39, 0.29) is 11.7 Å². The summed E-state index contributed by atoms with van der Waals surface area (Å²) in [4.78, 5) is 4.17. The fourth-order valence-corrected chi connectivity index (χ4v) is 1.87. The van der Waals surface area contributed by atoms with Crippen LogP contribution in [-0.4, -0.2) is 18.1 Å². The van der Waals surface area contributed by atoms with Gasteiger partial charge in [0.25, 0.3) is 0 Å². The molecule has 5 heteroatoms. The Kier molecular flexibility index (Phi) is 5.21. The van der Waals surface area contributed by atoms with E-state index in [1.807, 2.05) is 43.3 Å². The average Bonchev–Trinajstić information content (AvgIpc) is 2.94. The number of hydrogen-bond donors (Lipinski definition) is 1. The van der Waals surface area contributed by atoms with Gasteiger partial charge in [0.2, 0.25) is 17.5 Å². The second-order valence-electron chi connectivity index (χ2n) is 4.87. The molecule has 1 aromatic heterocycles. The van der Waals surface area contributed by atoms with Crippen LogP contribution < -0.4 is 10.1 Å². The summed E-state index contributed by atoms with van der Waals surface area (Å²) in [6, 6.07) is 9.90. The van der Waals surface area contributed by atoms with Crippen molar-refractivity contribution in [2.45, 2.75) is 26.3 Å². The number of hydrogen-bond acceptors (Lipinski definition) is 5. The molecule has 1 N–H and O–H groups in total. The molecule has 0 spiro atoms. The Bertz CT molecular complexity index is 698. The number of ether oxygens (including phenoxy) is 1. The summed E-state index contributed by atoms with van der Waals surface area (Å²) in [6.07, 6.45) is 4.50. The topological polar surface area (TPSA) is 71.1 Å². The lowest BCUT2D eigenvalue weighted by molar-refractivity contribution is 0.414. The van der Waals surface area contributed by atoms with Gasteiger partial charge in [0, 0.05) is 17.7 Å². The lowest BCUT2D eigenvalue weighted by atomic mass is 10.2. The van der Waals surface area contributed by atoms with Gasteiger partial charge in [-0.2, -0.15) is 10.2 Å². The Hall–Kier alpha value is -2.74. The highest BCUT2D eigenvalue weighted by atomic mass is 16.5. The molecule has 0 saturated heterocycles. The number of aromatic nitrogens is 1. The van der Waals surface area contributed by atoms with E-state index in [2.05, 4.69) is 17.2 Å². The zero-order chi connectivity index (χ0) is 15.9. The van der Waals surface area contributed by atoms with Gasteiger partial charge in [-0.15, -0.1) is 0 Å². The molecule has 0 amide bonds. The Morgan fingerprint density at radius 3 is 2.86 bits per heavy atom. The predicted molar refractivity (Wildman–Crippen MR) is 86.5 cm³/mol. The van der Waals surface area contributed by atoms with Gasteiger partial charge < -0.3 is 14.5 Å². The number of nitrogens with zero attached hydrogens (tertiary/aromatic N) is 2. The minimum absolute atomic E-state index is 0.214. The summed E-state index contributed by atoms with van der Waals surface area (Å²) in [5.41, 5.74) is 1.18. The van der Waals surface area contributed by atoms with Crippen molar-refractivity contribution in [1.82, 2.24) is 4.98 Å². The van der Waals surface area contributed by atoms with Gasteiger partial charge in [0.05, 0.1) is 7.11 Å². The van der Waals surface area contributed by atoms with Crippen LogP contribution in [0.1, 0.15) is 37.4 Å². The Labute approximate surface area is 130 Å². The molecule has 2 aromatic rings. The van der Waals surface area contributed by atoms with Gasteiger partial charge >= 0.3 is 0 Å². The van der Waals surface area contributed by atoms with Crippen LogP contribution in [-0.2, 0) is 0 Å². The van der Waals surface area contributed by atoms with Crippen LogP contribution in [0.2, 0.25) is 0 Å². The van der Waals surface area contributed by atoms with Crippen molar-refractivity contribution >= 4 is 18.0 Å². The van der Waals surface area contributed by atoms with Crippen LogP contribution in [0.3, 0.4) is 0 Å². The molecule has 1 heterocycles. The number of methoxy groups -OCH3 is 1. The molecule has 0 fully saturated rings. The molecule has 0 aliphatic heterocycles. The molecule has 0 aliphatic rings. The lowest BCUT2D eigenvalue weighted by Gasteiger charge is -2.08. The minimum Gasteiger partial charge on any atom is -0.496 e. The van der Waals surface area contributed by atoms with Gasteiger partial charge in [-0.1, -0.05) is 25.1 Å². The summed E-state index contributed by atoms with van der Waals surface area (Å²) in [7, 11) is 1.62. The van der Waals surface area contributed by atoms with Crippen molar-refractivity contribution < 1.29 is 9.15 Å². The van der Waals surface area contributed by atoms with Gasteiger partial charge in [0.15, 0.2) is 0 Å². The van der Waals surface area contributed by atoms with E-state index >= 15 is 0 Å². The van der Waals surface area contributed by atoms with E-state index in [4.69, 9.17) is 14.4 Å². The van der Waals surface area contributed by atoms with Crippen molar-refractivity contribution in [3.63, 3.8) is 0 Å². The van der Waals surface area contributed by atoms with Gasteiger partial charge in [-0.25, -0.2) is 0 Å². The third-order valence-corrected chi connectivity index (χ3v) is 3.28. The van der Waals surface area contributed by atoms with Crippen LogP contribution in [0, 0.1) is 11.3 Å². The first kappa shape index (κ1) is 15.6. The number of anilines is 1. The van der Waals surface area contributed by atoms with Crippen LogP contribution in [0.25, 0.3) is 12.2 Å². The van der Waals surface area contributed by atoms with Crippen LogP contribution in [0.5, 0.6) is 5.75 Å². The highest BCUT2D eigenvalue weighted by Crippen LogP contribution is 2.22. The summed E-state index contributed by atoms with van der Waals surface area (Å²) in [5, 5.41) is 12.3. The quantitative estimate of drug-likeness (QED) is 0.874. The molecule has 0 bridgehead atoms. The fraction of sp³-hybridized carbons (Fsp3) is 0.294. The highest BCUT2D eigenvalue weighted by Gasteiger charge is 2.13. The number of para-hydroxylation sites is 1. The van der Waals surface area contributed by atoms with Crippen LogP contribution in [0.4, 0.5) is 5.88 Å². The largest absolute Gasteiger partial charge is 0.496 e. The van der Waals surface area contributed by atoms with E-state index in [0.29, 0.717) is 11.8 Å². The Morgan fingerprint density at radius 2 is 2.18 bits per heavy atom. The predicted octanol–water partition coefficient (Wildman–Crippen LogP) is 3.94. The standard InChI is InChI=1S/C17H19N3O2/c1-4-12(2)19-17-14(11-18)20-16(22-17)10-9-13-7-5-6-8-15(13)21-3/h5-10,12,19H,4H2,1-3H3/b10-9+/t12-/m1/s1. The Morgan fingerprint density at radius 1 is 1.41 bits per heavy atom. The van der Waals surface area contributed by atoms with Crippen molar-refractivity contribution in [3.8, 4) is 11.8 Å². The van der Waals surface area contributed by atoms with Gasteiger partial charge in [-0.3, -0.25) is 0 Å². The average molecular weight is 297 g/mol. The number of oxazole rings is 1. The molecule has 1 atom stereocenters. The third kappa shape index (κ3) is 3.67. The molecule has 0 saturated carbocycles. The summed E-state index contributed by atoms with van der Waals surface area (Å²) < 4.78 is 10.9. The van der Waals surface area contributed by atoms with E-state index in [9.17, 15) is 0 Å². The fourth-order valence-electron chi connectivity index (χ4n) is 1.87. The van der Waals surface area contributed by atoms with Gasteiger partial charge in [-0.05, 0) is 25.5 Å². The van der Waals surface area contributed by atoms with Crippen molar-refractivity contribution in [2.24, 2.45) is 0 Å². The first-order valence-electron chi connectivity index (χ1n) is 7.16. The second-order valence-corrected chi connectivity index (χ2v) is 4.87. The number of nitrogens with one attached hydrogen (secondary N) is 1. The SMILES string of the molecule is CC[C@@H](C)Nc1oc(/C=C/c2ccccc2OC)nc1C#N. The highest BCUT2D eigenvalue weighted by molar-refractivity contribution is 5.70. The smallest absolute Gasteiger partial charge is 0.232 e. The molecular weight excluding hydrogens is 278 g/mol. The van der Waals surface area contributed by atoms with E-state index < -0.39 is 0 Å². The zero-order valence-corrected chi connectivity index (χ0v) is 13.0. The molecule has 0 radical (unpaired) electrons. The first-order chi connectivity index (χ1) is 10.7.